The zero-order valence-corrected chi connectivity index (χ0v) is 18.7. The summed E-state index contributed by atoms with van der Waals surface area (Å²) in [5, 5.41) is 9.14. The standard InChI is InChI=1S/C26H30O5/c1-25(2)7-8-26(3,4)19-9-15(5-6-18(19)25)23-14-30-21-11-17-16(10-24(27)28)13-29-20(17)12-22(21)31-23/h5-6,9,11-12,16,23H,7-8,10,13-14H2,1-4H3,(H,27,28). The molecule has 0 amide bonds. The van der Waals surface area contributed by atoms with Crippen molar-refractivity contribution in [1.29, 1.82) is 0 Å². The fraction of sp³-hybridized carbons (Fsp3) is 0.500. The third kappa shape index (κ3) is 3.44. The lowest BCUT2D eigenvalue weighted by Crippen LogP contribution is -2.34. The zero-order chi connectivity index (χ0) is 22.0. The van der Waals surface area contributed by atoms with Crippen LogP contribution in [-0.2, 0) is 15.6 Å². The fourth-order valence-corrected chi connectivity index (χ4v) is 5.19. The number of carbonyl (C=O) groups is 1. The van der Waals surface area contributed by atoms with Gasteiger partial charge >= 0.3 is 5.97 Å². The van der Waals surface area contributed by atoms with Crippen molar-refractivity contribution in [2.24, 2.45) is 0 Å². The Bertz CT molecular complexity index is 1050. The van der Waals surface area contributed by atoms with E-state index in [1.165, 1.54) is 24.0 Å². The summed E-state index contributed by atoms with van der Waals surface area (Å²) >= 11 is 0. The highest BCUT2D eigenvalue weighted by Crippen LogP contribution is 2.49. The number of hydrogen-bond donors (Lipinski definition) is 1. The topological polar surface area (TPSA) is 65.0 Å². The van der Waals surface area contributed by atoms with Gasteiger partial charge in [0.2, 0.25) is 0 Å². The second-order valence-corrected chi connectivity index (χ2v) is 10.4. The molecule has 2 atom stereocenters. The molecule has 1 aliphatic carbocycles. The number of aliphatic carboxylic acids is 1. The lowest BCUT2D eigenvalue weighted by molar-refractivity contribution is -0.137. The summed E-state index contributed by atoms with van der Waals surface area (Å²) in [6.45, 7) is 10.1. The molecule has 2 aromatic rings. The maximum Gasteiger partial charge on any atom is 0.304 e. The molecule has 2 unspecified atom stereocenters. The molecule has 2 heterocycles. The van der Waals surface area contributed by atoms with Gasteiger partial charge in [-0.2, -0.15) is 0 Å². The number of benzene rings is 2. The highest BCUT2D eigenvalue weighted by atomic mass is 16.6. The summed E-state index contributed by atoms with van der Waals surface area (Å²) in [4.78, 5) is 11.1. The van der Waals surface area contributed by atoms with E-state index in [0.717, 1.165) is 11.1 Å². The molecule has 164 valence electrons. The molecule has 31 heavy (non-hydrogen) atoms. The van der Waals surface area contributed by atoms with Crippen molar-refractivity contribution >= 4 is 5.97 Å². The molecule has 0 saturated heterocycles. The molecular formula is C26H30O5. The summed E-state index contributed by atoms with van der Waals surface area (Å²) in [7, 11) is 0. The molecule has 1 N–H and O–H groups in total. The molecule has 0 fully saturated rings. The van der Waals surface area contributed by atoms with Crippen LogP contribution in [0.5, 0.6) is 17.2 Å². The minimum atomic E-state index is -0.824. The first-order chi connectivity index (χ1) is 14.6. The Balaban J connectivity index is 1.44. The van der Waals surface area contributed by atoms with E-state index in [2.05, 4.69) is 45.9 Å². The van der Waals surface area contributed by atoms with Crippen molar-refractivity contribution in [1.82, 2.24) is 0 Å². The first-order valence-corrected chi connectivity index (χ1v) is 11.1. The zero-order valence-electron chi connectivity index (χ0n) is 18.7. The normalized spacial score (nSPS) is 24.6. The lowest BCUT2D eigenvalue weighted by Gasteiger charge is -2.42. The van der Waals surface area contributed by atoms with Gasteiger partial charge in [0.25, 0.3) is 0 Å². The second-order valence-electron chi connectivity index (χ2n) is 10.4. The van der Waals surface area contributed by atoms with Crippen LogP contribution in [0, 0.1) is 0 Å². The Labute approximate surface area is 183 Å². The summed E-state index contributed by atoms with van der Waals surface area (Å²) in [5.74, 6) is 1.04. The number of carboxylic acid groups (broad SMARTS) is 1. The van der Waals surface area contributed by atoms with Crippen LogP contribution < -0.4 is 14.2 Å². The Hall–Kier alpha value is -2.69. The average Bonchev–Trinajstić information content (AvgIpc) is 3.10. The Morgan fingerprint density at radius 2 is 1.65 bits per heavy atom. The van der Waals surface area contributed by atoms with Gasteiger partial charge in [0, 0.05) is 17.5 Å². The number of fused-ring (bicyclic) bond motifs is 3. The maximum atomic E-state index is 11.1. The van der Waals surface area contributed by atoms with Gasteiger partial charge in [0.05, 0.1) is 13.0 Å². The average molecular weight is 423 g/mol. The van der Waals surface area contributed by atoms with Gasteiger partial charge in [-0.1, -0.05) is 45.9 Å². The van der Waals surface area contributed by atoms with Crippen molar-refractivity contribution in [3.05, 3.63) is 52.6 Å². The summed E-state index contributed by atoms with van der Waals surface area (Å²) in [5.41, 5.74) is 5.18. The molecule has 2 aliphatic heterocycles. The highest BCUT2D eigenvalue weighted by Gasteiger charge is 2.38. The highest BCUT2D eigenvalue weighted by molar-refractivity contribution is 5.69. The van der Waals surface area contributed by atoms with Crippen LogP contribution in [0.2, 0.25) is 0 Å². The van der Waals surface area contributed by atoms with Gasteiger partial charge in [-0.05, 0) is 46.4 Å². The minimum absolute atomic E-state index is 0.0521. The number of rotatable bonds is 3. The maximum absolute atomic E-state index is 11.1. The molecule has 5 nitrogen and oxygen atoms in total. The smallest absolute Gasteiger partial charge is 0.304 e. The molecule has 5 heteroatoms. The Kier molecular flexibility index (Phi) is 4.51. The van der Waals surface area contributed by atoms with E-state index < -0.39 is 5.97 Å². The molecule has 0 radical (unpaired) electrons. The molecular weight excluding hydrogens is 392 g/mol. The van der Waals surface area contributed by atoms with Crippen molar-refractivity contribution in [3.63, 3.8) is 0 Å². The van der Waals surface area contributed by atoms with Crippen LogP contribution in [0.3, 0.4) is 0 Å². The van der Waals surface area contributed by atoms with E-state index in [-0.39, 0.29) is 29.3 Å². The lowest BCUT2D eigenvalue weighted by atomic mass is 9.63. The van der Waals surface area contributed by atoms with Gasteiger partial charge in [-0.15, -0.1) is 0 Å². The van der Waals surface area contributed by atoms with Gasteiger partial charge in [0.1, 0.15) is 12.4 Å². The monoisotopic (exact) mass is 422 g/mol. The van der Waals surface area contributed by atoms with Crippen LogP contribution in [-0.4, -0.2) is 24.3 Å². The minimum Gasteiger partial charge on any atom is -0.492 e. The Morgan fingerprint density at radius 1 is 0.935 bits per heavy atom. The van der Waals surface area contributed by atoms with Crippen molar-refractivity contribution in [2.75, 3.05) is 13.2 Å². The van der Waals surface area contributed by atoms with Crippen molar-refractivity contribution in [3.8, 4) is 17.2 Å². The second kappa shape index (κ2) is 6.91. The third-order valence-electron chi connectivity index (χ3n) is 7.29. The number of ether oxygens (including phenoxy) is 3. The van der Waals surface area contributed by atoms with Crippen LogP contribution in [0.1, 0.15) is 81.2 Å². The van der Waals surface area contributed by atoms with Crippen LogP contribution >= 0.6 is 0 Å². The van der Waals surface area contributed by atoms with Crippen molar-refractivity contribution in [2.45, 2.75) is 69.8 Å². The fourth-order valence-electron chi connectivity index (χ4n) is 5.19. The molecule has 2 aromatic carbocycles. The molecule has 0 spiro atoms. The van der Waals surface area contributed by atoms with Gasteiger partial charge in [0.15, 0.2) is 17.6 Å². The number of carboxylic acids is 1. The first-order valence-electron chi connectivity index (χ1n) is 11.1. The summed E-state index contributed by atoms with van der Waals surface area (Å²) < 4.78 is 18.2. The Morgan fingerprint density at radius 3 is 2.39 bits per heavy atom. The summed E-state index contributed by atoms with van der Waals surface area (Å²) in [6, 6.07) is 10.5. The van der Waals surface area contributed by atoms with Crippen molar-refractivity contribution < 1.29 is 24.1 Å². The first kappa shape index (κ1) is 20.2. The number of hydrogen-bond acceptors (Lipinski definition) is 4. The van der Waals surface area contributed by atoms with Crippen LogP contribution in [0.4, 0.5) is 0 Å². The quantitative estimate of drug-likeness (QED) is 0.708. The van der Waals surface area contributed by atoms with E-state index in [1.54, 1.807) is 0 Å². The molecule has 3 aliphatic rings. The van der Waals surface area contributed by atoms with E-state index in [9.17, 15) is 4.79 Å². The van der Waals surface area contributed by atoms with Gasteiger partial charge in [-0.25, -0.2) is 0 Å². The van der Waals surface area contributed by atoms with Crippen LogP contribution in [0.25, 0.3) is 0 Å². The van der Waals surface area contributed by atoms with Crippen LogP contribution in [0.15, 0.2) is 30.3 Å². The van der Waals surface area contributed by atoms with E-state index in [0.29, 0.717) is 30.5 Å². The predicted octanol–water partition coefficient (Wildman–Crippen LogP) is 5.50. The van der Waals surface area contributed by atoms with E-state index in [4.69, 9.17) is 19.3 Å². The molecule has 0 bridgehead atoms. The molecule has 0 saturated carbocycles. The largest absolute Gasteiger partial charge is 0.492 e. The van der Waals surface area contributed by atoms with E-state index in [1.807, 2.05) is 12.1 Å². The third-order valence-corrected chi connectivity index (χ3v) is 7.29. The SMILES string of the molecule is CC1(C)CCC(C)(C)c2cc(C3COc4cc5c(cc4O3)OCC5CC(=O)O)ccc21. The predicted molar refractivity (Wildman–Crippen MR) is 118 cm³/mol. The van der Waals surface area contributed by atoms with Gasteiger partial charge in [-0.3, -0.25) is 4.79 Å². The van der Waals surface area contributed by atoms with Gasteiger partial charge < -0.3 is 19.3 Å². The van der Waals surface area contributed by atoms with E-state index >= 15 is 0 Å². The molecule has 0 aromatic heterocycles. The summed E-state index contributed by atoms with van der Waals surface area (Å²) in [6.07, 6.45) is 2.23. The molecule has 5 rings (SSSR count).